The van der Waals surface area contributed by atoms with Crippen LogP contribution in [0.15, 0.2) is 54.6 Å². The summed E-state index contributed by atoms with van der Waals surface area (Å²) in [5.74, 6) is -1.29. The summed E-state index contributed by atoms with van der Waals surface area (Å²) >= 11 is 0. The number of fused-ring (bicyclic) bond motifs is 1. The van der Waals surface area contributed by atoms with Crippen LogP contribution in [-0.2, 0) is 11.3 Å². The molecule has 0 bridgehead atoms. The maximum absolute atomic E-state index is 12.7. The number of ether oxygens (including phenoxy) is 1. The number of para-hydroxylation sites is 2. The number of hydrogen-bond donors (Lipinski definition) is 1. The van der Waals surface area contributed by atoms with E-state index in [9.17, 15) is 10.1 Å². The number of nitrogens with zero attached hydrogens (tertiary/aromatic N) is 3. The van der Waals surface area contributed by atoms with Crippen molar-refractivity contribution in [2.75, 3.05) is 6.61 Å². The Morgan fingerprint density at radius 3 is 2.44 bits per heavy atom. The Morgan fingerprint density at radius 2 is 1.78 bits per heavy atom. The lowest BCUT2D eigenvalue weighted by Gasteiger charge is -2.14. The van der Waals surface area contributed by atoms with Crippen molar-refractivity contribution in [3.63, 3.8) is 0 Å². The Bertz CT molecular complexity index is 967. The van der Waals surface area contributed by atoms with Gasteiger partial charge in [-0.15, -0.1) is 0 Å². The predicted octanol–water partition coefficient (Wildman–Crippen LogP) is 3.34. The molecular weight excluding hydrogens is 340 g/mol. The molecule has 1 atom stereocenters. The van der Waals surface area contributed by atoms with Gasteiger partial charge in [-0.1, -0.05) is 49.4 Å². The highest BCUT2D eigenvalue weighted by atomic mass is 16.5. The van der Waals surface area contributed by atoms with Crippen LogP contribution >= 0.6 is 0 Å². The van der Waals surface area contributed by atoms with Crippen molar-refractivity contribution in [1.29, 1.82) is 5.26 Å². The van der Waals surface area contributed by atoms with Crippen LogP contribution in [0.4, 0.5) is 0 Å². The first-order chi connectivity index (χ1) is 13.2. The van der Waals surface area contributed by atoms with Gasteiger partial charge in [-0.3, -0.25) is 4.79 Å². The summed E-state index contributed by atoms with van der Waals surface area (Å²) in [6.45, 7) is 2.75. The summed E-state index contributed by atoms with van der Waals surface area (Å²) in [5.41, 5.74) is 2.48. The molecule has 1 aromatic heterocycles. The van der Waals surface area contributed by atoms with Crippen LogP contribution in [-0.4, -0.2) is 22.5 Å². The van der Waals surface area contributed by atoms with E-state index >= 15 is 0 Å². The third kappa shape index (κ3) is 4.39. The molecule has 27 heavy (non-hydrogen) atoms. The van der Waals surface area contributed by atoms with Crippen LogP contribution in [0, 0.1) is 11.3 Å². The van der Waals surface area contributed by atoms with E-state index in [-0.39, 0.29) is 11.6 Å². The molecule has 6 nitrogen and oxygen atoms in total. The zero-order valence-electron chi connectivity index (χ0n) is 15.1. The second kappa shape index (κ2) is 8.77. The Balaban J connectivity index is 1.89. The topological polar surface area (TPSA) is 87.9 Å². The van der Waals surface area contributed by atoms with Gasteiger partial charge < -0.3 is 10.1 Å². The smallest absolute Gasteiger partial charge is 0.244 e. The van der Waals surface area contributed by atoms with Crippen LogP contribution < -0.4 is 10.1 Å². The normalized spacial score (nSPS) is 11.6. The number of amides is 1. The molecule has 0 unspecified atom stereocenters. The highest BCUT2D eigenvalue weighted by molar-refractivity contribution is 5.87. The van der Waals surface area contributed by atoms with E-state index in [1.54, 1.807) is 6.07 Å². The number of carbonyl (C=O) groups is 1. The largest absolute Gasteiger partial charge is 0.476 e. The van der Waals surface area contributed by atoms with Crippen molar-refractivity contribution < 1.29 is 9.53 Å². The average molecular weight is 360 g/mol. The summed E-state index contributed by atoms with van der Waals surface area (Å²) in [4.78, 5) is 21.6. The van der Waals surface area contributed by atoms with Gasteiger partial charge in [0.1, 0.15) is 5.69 Å². The molecule has 6 heteroatoms. The maximum atomic E-state index is 12.7. The van der Waals surface area contributed by atoms with Gasteiger partial charge in [0.05, 0.1) is 23.7 Å². The predicted molar refractivity (Wildman–Crippen MR) is 102 cm³/mol. The van der Waals surface area contributed by atoms with Gasteiger partial charge in [0, 0.05) is 6.54 Å². The van der Waals surface area contributed by atoms with Crippen LogP contribution in [0.3, 0.4) is 0 Å². The Hall–Kier alpha value is -3.46. The molecule has 0 aliphatic carbocycles. The average Bonchev–Trinajstić information content (AvgIpc) is 2.72. The molecule has 1 amide bonds. The minimum absolute atomic E-state index is 0.233. The first-order valence-corrected chi connectivity index (χ1v) is 8.83. The molecule has 0 aliphatic heterocycles. The lowest BCUT2D eigenvalue weighted by molar-refractivity contribution is -0.121. The highest BCUT2D eigenvalue weighted by Crippen LogP contribution is 2.26. The second-order valence-corrected chi connectivity index (χ2v) is 6.02. The second-order valence-electron chi connectivity index (χ2n) is 6.02. The quantitative estimate of drug-likeness (QED) is 0.698. The summed E-state index contributed by atoms with van der Waals surface area (Å²) in [7, 11) is 0. The number of hydrogen-bond acceptors (Lipinski definition) is 5. The number of rotatable bonds is 7. The van der Waals surface area contributed by atoms with Crippen molar-refractivity contribution in [1.82, 2.24) is 15.3 Å². The lowest BCUT2D eigenvalue weighted by atomic mass is 10.1. The van der Waals surface area contributed by atoms with Gasteiger partial charge in [0.25, 0.3) is 0 Å². The van der Waals surface area contributed by atoms with Gasteiger partial charge in [0.15, 0.2) is 5.92 Å². The molecule has 0 fully saturated rings. The van der Waals surface area contributed by atoms with Crippen molar-refractivity contribution >= 4 is 16.9 Å². The molecule has 0 saturated heterocycles. The van der Waals surface area contributed by atoms with E-state index in [1.807, 2.05) is 61.5 Å². The molecule has 3 aromatic rings. The fraction of sp³-hybridized carbons (Fsp3) is 0.238. The Kier molecular flexibility index (Phi) is 5.95. The molecule has 1 heterocycles. The minimum Gasteiger partial charge on any atom is -0.476 e. The zero-order chi connectivity index (χ0) is 19.1. The van der Waals surface area contributed by atoms with E-state index in [2.05, 4.69) is 15.3 Å². The maximum Gasteiger partial charge on any atom is 0.244 e. The first kappa shape index (κ1) is 18.3. The van der Waals surface area contributed by atoms with Gasteiger partial charge in [-0.2, -0.15) is 5.26 Å². The molecule has 0 spiro atoms. The van der Waals surface area contributed by atoms with Crippen LogP contribution in [0.25, 0.3) is 11.0 Å². The standard InChI is InChI=1S/C21H20N4O2/c1-2-12-27-21-19(24-17-10-6-7-11-18(17)25-21)16(13-22)20(26)23-14-15-8-4-3-5-9-15/h3-11,16H,2,12,14H2,1H3,(H,23,26)/t16-/m0/s1. The first-order valence-electron chi connectivity index (χ1n) is 8.83. The zero-order valence-corrected chi connectivity index (χ0v) is 15.1. The van der Waals surface area contributed by atoms with Gasteiger partial charge in [-0.25, -0.2) is 9.97 Å². The van der Waals surface area contributed by atoms with Gasteiger partial charge >= 0.3 is 0 Å². The fourth-order valence-corrected chi connectivity index (χ4v) is 2.62. The Morgan fingerprint density at radius 1 is 1.11 bits per heavy atom. The van der Waals surface area contributed by atoms with Crippen LogP contribution in [0.1, 0.15) is 30.5 Å². The number of benzene rings is 2. The highest BCUT2D eigenvalue weighted by Gasteiger charge is 2.27. The van der Waals surface area contributed by atoms with E-state index in [0.717, 1.165) is 12.0 Å². The van der Waals surface area contributed by atoms with Crippen LogP contribution in [0.2, 0.25) is 0 Å². The van der Waals surface area contributed by atoms with Crippen molar-refractivity contribution in [2.24, 2.45) is 0 Å². The molecule has 136 valence electrons. The molecule has 3 rings (SSSR count). The fourth-order valence-electron chi connectivity index (χ4n) is 2.62. The minimum atomic E-state index is -1.10. The monoisotopic (exact) mass is 360 g/mol. The van der Waals surface area contributed by atoms with Crippen LogP contribution in [0.5, 0.6) is 5.88 Å². The van der Waals surface area contributed by atoms with E-state index in [0.29, 0.717) is 24.2 Å². The Labute approximate surface area is 157 Å². The SMILES string of the molecule is CCCOc1nc2ccccc2nc1[C@H](C#N)C(=O)NCc1ccccc1. The number of aromatic nitrogens is 2. The van der Waals surface area contributed by atoms with E-state index < -0.39 is 11.8 Å². The summed E-state index contributed by atoms with van der Waals surface area (Å²) < 4.78 is 5.69. The number of nitrogens with one attached hydrogen (secondary N) is 1. The molecule has 1 N–H and O–H groups in total. The molecular formula is C21H20N4O2. The molecule has 2 aromatic carbocycles. The summed E-state index contributed by atoms with van der Waals surface area (Å²) in [5, 5.41) is 12.4. The summed E-state index contributed by atoms with van der Waals surface area (Å²) in [6, 6.07) is 18.9. The van der Waals surface area contributed by atoms with Crippen molar-refractivity contribution in [3.05, 3.63) is 65.9 Å². The third-order valence-electron chi connectivity index (χ3n) is 3.98. The van der Waals surface area contributed by atoms with Crippen molar-refractivity contribution in [2.45, 2.75) is 25.8 Å². The lowest BCUT2D eigenvalue weighted by Crippen LogP contribution is -2.29. The number of nitriles is 1. The van der Waals surface area contributed by atoms with E-state index in [1.165, 1.54) is 0 Å². The third-order valence-corrected chi connectivity index (χ3v) is 3.98. The number of carbonyl (C=O) groups excluding carboxylic acids is 1. The van der Waals surface area contributed by atoms with Gasteiger partial charge in [0.2, 0.25) is 11.8 Å². The van der Waals surface area contributed by atoms with E-state index in [4.69, 9.17) is 4.74 Å². The van der Waals surface area contributed by atoms with Gasteiger partial charge in [-0.05, 0) is 24.1 Å². The summed E-state index contributed by atoms with van der Waals surface area (Å²) in [6.07, 6.45) is 0.783. The molecule has 0 aliphatic rings. The van der Waals surface area contributed by atoms with Crippen molar-refractivity contribution in [3.8, 4) is 11.9 Å². The molecule has 0 saturated carbocycles. The molecule has 0 radical (unpaired) electrons.